The van der Waals surface area contributed by atoms with Gasteiger partial charge in [-0.25, -0.2) is 4.98 Å². The lowest BCUT2D eigenvalue weighted by atomic mass is 9.99. The second-order valence-electron chi connectivity index (χ2n) is 5.06. The predicted molar refractivity (Wildman–Crippen MR) is 88.7 cm³/mol. The number of aromatic nitrogens is 1. The number of ether oxygens (including phenoxy) is 1. The van der Waals surface area contributed by atoms with Gasteiger partial charge in [-0.05, 0) is 30.2 Å². The van der Waals surface area contributed by atoms with Gasteiger partial charge in [0, 0.05) is 23.5 Å². The number of nitriles is 1. The van der Waals surface area contributed by atoms with Gasteiger partial charge in [0.05, 0.1) is 13.2 Å². The molecule has 0 saturated carbocycles. The minimum Gasteiger partial charge on any atom is -0.481 e. The van der Waals surface area contributed by atoms with Crippen LogP contribution in [0.2, 0.25) is 0 Å². The highest BCUT2D eigenvalue weighted by Crippen LogP contribution is 2.15. The summed E-state index contributed by atoms with van der Waals surface area (Å²) in [6, 6.07) is 12.0. The number of pyridine rings is 1. The van der Waals surface area contributed by atoms with E-state index in [9.17, 15) is 14.9 Å². The smallest absolute Gasteiger partial charge is 0.249 e. The minimum absolute atomic E-state index is 0.179. The molecule has 1 aromatic heterocycles. The van der Waals surface area contributed by atoms with E-state index in [-0.39, 0.29) is 5.56 Å². The molecule has 2 rings (SSSR count). The Hall–Kier alpha value is -3.20. The van der Waals surface area contributed by atoms with Crippen molar-refractivity contribution >= 4 is 17.4 Å². The van der Waals surface area contributed by atoms with Gasteiger partial charge in [0.15, 0.2) is 11.7 Å². The molecule has 1 atom stereocenters. The number of ketones is 1. The van der Waals surface area contributed by atoms with Crippen molar-refractivity contribution in [1.82, 2.24) is 4.98 Å². The monoisotopic (exact) mass is 323 g/mol. The first kappa shape index (κ1) is 17.2. The molecule has 0 aliphatic heterocycles. The third kappa shape index (κ3) is 3.96. The Morgan fingerprint density at radius 2 is 1.96 bits per heavy atom. The topological polar surface area (TPSA) is 92.1 Å². The number of nitrogens with one attached hydrogen (secondary N) is 1. The van der Waals surface area contributed by atoms with E-state index in [1.54, 1.807) is 18.2 Å². The van der Waals surface area contributed by atoms with Gasteiger partial charge in [-0.3, -0.25) is 9.59 Å². The molecule has 0 fully saturated rings. The summed E-state index contributed by atoms with van der Waals surface area (Å²) in [6.45, 7) is 2.03. The third-order valence-corrected chi connectivity index (χ3v) is 3.51. The molecule has 1 aromatic carbocycles. The fourth-order valence-electron chi connectivity index (χ4n) is 2.09. The number of amides is 1. The summed E-state index contributed by atoms with van der Waals surface area (Å²) < 4.78 is 4.91. The Bertz CT molecular complexity index is 762. The zero-order valence-corrected chi connectivity index (χ0v) is 13.4. The van der Waals surface area contributed by atoms with Crippen LogP contribution in [0, 0.1) is 17.2 Å². The summed E-state index contributed by atoms with van der Waals surface area (Å²) in [5.74, 6) is -2.36. The minimum atomic E-state index is -1.44. The molecule has 0 aliphatic rings. The molecule has 0 saturated heterocycles. The maximum Gasteiger partial charge on any atom is 0.249 e. The number of carbonyl (C=O) groups excluding carboxylic acids is 2. The van der Waals surface area contributed by atoms with E-state index in [2.05, 4.69) is 10.3 Å². The average Bonchev–Trinajstić information content (AvgIpc) is 2.63. The van der Waals surface area contributed by atoms with Crippen LogP contribution in [0.3, 0.4) is 0 Å². The number of benzene rings is 1. The SMILES string of the molecule is CCc1ccc(NC(=O)C(C#N)C(=O)c2ccc(OC)nc2)cc1. The number of rotatable bonds is 6. The number of anilines is 1. The van der Waals surface area contributed by atoms with E-state index in [1.807, 2.05) is 19.1 Å². The number of hydrogen-bond acceptors (Lipinski definition) is 5. The quantitative estimate of drug-likeness (QED) is 0.651. The number of methoxy groups -OCH3 is 1. The van der Waals surface area contributed by atoms with E-state index in [4.69, 9.17) is 4.74 Å². The first-order valence-electron chi connectivity index (χ1n) is 7.42. The van der Waals surface area contributed by atoms with Crippen molar-refractivity contribution in [2.45, 2.75) is 13.3 Å². The Kier molecular flexibility index (Phi) is 5.63. The lowest BCUT2D eigenvalue weighted by Crippen LogP contribution is -2.28. The number of Topliss-reactive ketones (excluding diaryl/α,β-unsaturated/α-hetero) is 1. The first-order chi connectivity index (χ1) is 11.6. The van der Waals surface area contributed by atoms with Crippen molar-refractivity contribution in [2.24, 2.45) is 5.92 Å². The van der Waals surface area contributed by atoms with Crippen molar-refractivity contribution in [3.63, 3.8) is 0 Å². The molecule has 122 valence electrons. The van der Waals surface area contributed by atoms with Crippen molar-refractivity contribution in [3.8, 4) is 11.9 Å². The maximum absolute atomic E-state index is 12.3. The number of nitrogens with zero attached hydrogens (tertiary/aromatic N) is 2. The molecule has 6 heteroatoms. The molecule has 1 unspecified atom stereocenters. The Labute approximate surface area is 140 Å². The molecule has 1 N–H and O–H groups in total. The Morgan fingerprint density at radius 1 is 1.25 bits per heavy atom. The zero-order valence-electron chi connectivity index (χ0n) is 13.4. The normalized spacial score (nSPS) is 11.2. The summed E-state index contributed by atoms with van der Waals surface area (Å²) >= 11 is 0. The van der Waals surface area contributed by atoms with Crippen LogP contribution in [0.5, 0.6) is 5.88 Å². The van der Waals surface area contributed by atoms with Crippen LogP contribution in [0.4, 0.5) is 5.69 Å². The number of carbonyl (C=O) groups is 2. The van der Waals surface area contributed by atoms with E-state index < -0.39 is 17.6 Å². The molecule has 0 radical (unpaired) electrons. The van der Waals surface area contributed by atoms with E-state index in [0.29, 0.717) is 11.6 Å². The van der Waals surface area contributed by atoms with Crippen molar-refractivity contribution < 1.29 is 14.3 Å². The van der Waals surface area contributed by atoms with Gasteiger partial charge in [-0.1, -0.05) is 19.1 Å². The van der Waals surface area contributed by atoms with Crippen LogP contribution in [-0.2, 0) is 11.2 Å². The van der Waals surface area contributed by atoms with Crippen molar-refractivity contribution in [1.29, 1.82) is 5.26 Å². The first-order valence-corrected chi connectivity index (χ1v) is 7.42. The fourth-order valence-corrected chi connectivity index (χ4v) is 2.09. The molecule has 6 nitrogen and oxygen atoms in total. The van der Waals surface area contributed by atoms with Crippen molar-refractivity contribution in [2.75, 3.05) is 12.4 Å². The highest BCUT2D eigenvalue weighted by Gasteiger charge is 2.28. The molecule has 1 amide bonds. The van der Waals surface area contributed by atoms with Gasteiger partial charge in [-0.15, -0.1) is 0 Å². The summed E-state index contributed by atoms with van der Waals surface area (Å²) in [6.07, 6.45) is 2.17. The number of aryl methyl sites for hydroxylation is 1. The van der Waals surface area contributed by atoms with E-state index >= 15 is 0 Å². The molecule has 0 bridgehead atoms. The maximum atomic E-state index is 12.3. The molecular formula is C18H17N3O3. The van der Waals surface area contributed by atoms with Crippen LogP contribution < -0.4 is 10.1 Å². The average molecular weight is 323 g/mol. The van der Waals surface area contributed by atoms with Crippen LogP contribution >= 0.6 is 0 Å². The summed E-state index contributed by atoms with van der Waals surface area (Å²) in [5, 5.41) is 11.8. The van der Waals surface area contributed by atoms with E-state index in [1.165, 1.54) is 25.4 Å². The number of hydrogen-bond donors (Lipinski definition) is 1. The summed E-state index contributed by atoms with van der Waals surface area (Å²) in [7, 11) is 1.46. The van der Waals surface area contributed by atoms with E-state index in [0.717, 1.165) is 12.0 Å². The van der Waals surface area contributed by atoms with Gasteiger partial charge >= 0.3 is 0 Å². The highest BCUT2D eigenvalue weighted by molar-refractivity contribution is 6.15. The zero-order chi connectivity index (χ0) is 17.5. The van der Waals surface area contributed by atoms with Crippen LogP contribution in [0.1, 0.15) is 22.8 Å². The second kappa shape index (κ2) is 7.88. The highest BCUT2D eigenvalue weighted by atomic mass is 16.5. The van der Waals surface area contributed by atoms with Gasteiger partial charge in [0.25, 0.3) is 0 Å². The summed E-state index contributed by atoms with van der Waals surface area (Å²) in [4.78, 5) is 28.5. The molecule has 0 aliphatic carbocycles. The Morgan fingerprint density at radius 3 is 2.46 bits per heavy atom. The van der Waals surface area contributed by atoms with Gasteiger partial charge in [-0.2, -0.15) is 5.26 Å². The second-order valence-corrected chi connectivity index (χ2v) is 5.06. The summed E-state index contributed by atoms with van der Waals surface area (Å²) in [5.41, 5.74) is 1.85. The van der Waals surface area contributed by atoms with Crippen LogP contribution in [-0.4, -0.2) is 23.8 Å². The standard InChI is InChI=1S/C18H17N3O3/c1-3-12-4-7-14(8-5-12)21-18(23)15(10-19)17(22)13-6-9-16(24-2)20-11-13/h4-9,11,15H,3H2,1-2H3,(H,21,23). The van der Waals surface area contributed by atoms with Crippen LogP contribution in [0.25, 0.3) is 0 Å². The van der Waals surface area contributed by atoms with Gasteiger partial charge in [0.2, 0.25) is 11.8 Å². The lowest BCUT2D eigenvalue weighted by molar-refractivity contribution is -0.117. The fraction of sp³-hybridized carbons (Fsp3) is 0.222. The molecule has 0 spiro atoms. The largest absolute Gasteiger partial charge is 0.481 e. The molecule has 24 heavy (non-hydrogen) atoms. The van der Waals surface area contributed by atoms with Crippen LogP contribution in [0.15, 0.2) is 42.6 Å². The van der Waals surface area contributed by atoms with Crippen molar-refractivity contribution in [3.05, 3.63) is 53.7 Å². The predicted octanol–water partition coefficient (Wildman–Crippen LogP) is 2.61. The lowest BCUT2D eigenvalue weighted by Gasteiger charge is -2.10. The molecular weight excluding hydrogens is 306 g/mol. The van der Waals surface area contributed by atoms with Gasteiger partial charge < -0.3 is 10.1 Å². The Balaban J connectivity index is 2.12. The molecule has 1 heterocycles. The van der Waals surface area contributed by atoms with Gasteiger partial charge in [0.1, 0.15) is 0 Å². The molecule has 2 aromatic rings. The third-order valence-electron chi connectivity index (χ3n) is 3.51.